The third-order valence-electron chi connectivity index (χ3n) is 2.53. The molecule has 2 rings (SSSR count). The number of aryl methyl sites for hydroxylation is 1. The summed E-state index contributed by atoms with van der Waals surface area (Å²) in [6.45, 7) is 1.55. The van der Waals surface area contributed by atoms with Gasteiger partial charge in [0.1, 0.15) is 11.3 Å². The molecule has 1 aromatic heterocycles. The largest absolute Gasteiger partial charge is 0.507 e. The quantitative estimate of drug-likeness (QED) is 0.673. The molecule has 0 aliphatic rings. The zero-order valence-electron chi connectivity index (χ0n) is 10.6. The van der Waals surface area contributed by atoms with Crippen molar-refractivity contribution in [3.05, 3.63) is 50.1 Å². The molecule has 0 aliphatic heterocycles. The summed E-state index contributed by atoms with van der Waals surface area (Å²) in [5.74, 6) is -1.17. The van der Waals surface area contributed by atoms with Gasteiger partial charge in [-0.3, -0.25) is 4.79 Å². The lowest BCUT2D eigenvalue weighted by atomic mass is 10.2. The number of carbonyl (C=O) groups is 2. The van der Waals surface area contributed by atoms with Crippen LogP contribution in [0, 0.1) is 6.92 Å². The fourth-order valence-electron chi connectivity index (χ4n) is 1.54. The number of halogens is 1. The van der Waals surface area contributed by atoms with E-state index < -0.39 is 5.97 Å². The number of phenolic OH excluding ortho intramolecular Hbond substituents is 1. The van der Waals surface area contributed by atoms with Gasteiger partial charge in [0, 0.05) is 9.35 Å². The van der Waals surface area contributed by atoms with Crippen LogP contribution in [0.2, 0.25) is 0 Å². The van der Waals surface area contributed by atoms with Crippen LogP contribution in [0.4, 0.5) is 0 Å². The fraction of sp³-hybridized carbons (Fsp3) is 0.143. The SMILES string of the molecule is Cc1ccc(C(=O)COC(=O)c2cc(Br)ccc2O)s1. The van der Waals surface area contributed by atoms with Crippen molar-refractivity contribution in [1.29, 1.82) is 0 Å². The first kappa shape index (κ1) is 14.7. The van der Waals surface area contributed by atoms with Crippen molar-refractivity contribution in [2.24, 2.45) is 0 Å². The van der Waals surface area contributed by atoms with Crippen molar-refractivity contribution in [2.45, 2.75) is 6.92 Å². The maximum atomic E-state index is 11.8. The first-order valence-corrected chi connectivity index (χ1v) is 7.33. The molecule has 20 heavy (non-hydrogen) atoms. The molecule has 0 fully saturated rings. The molecule has 1 aromatic carbocycles. The molecule has 1 N–H and O–H groups in total. The summed E-state index contributed by atoms with van der Waals surface area (Å²) in [6, 6.07) is 7.96. The van der Waals surface area contributed by atoms with E-state index in [-0.39, 0.29) is 23.7 Å². The molecular formula is C14H11BrO4S. The number of phenols is 1. The Hall–Kier alpha value is -1.66. The predicted molar refractivity (Wildman–Crippen MR) is 79.5 cm³/mol. The second-order valence-electron chi connectivity index (χ2n) is 4.07. The lowest BCUT2D eigenvalue weighted by molar-refractivity contribution is 0.0473. The minimum absolute atomic E-state index is 0.0227. The summed E-state index contributed by atoms with van der Waals surface area (Å²) < 4.78 is 5.57. The summed E-state index contributed by atoms with van der Waals surface area (Å²) in [7, 11) is 0. The molecule has 0 spiro atoms. The van der Waals surface area contributed by atoms with Crippen LogP contribution in [0.1, 0.15) is 24.9 Å². The highest BCUT2D eigenvalue weighted by molar-refractivity contribution is 9.10. The van der Waals surface area contributed by atoms with Crippen molar-refractivity contribution in [3.8, 4) is 5.75 Å². The number of ether oxygens (including phenoxy) is 1. The minimum atomic E-state index is -0.731. The molecule has 0 unspecified atom stereocenters. The number of carbonyl (C=O) groups excluding carboxylic acids is 2. The van der Waals surface area contributed by atoms with Gasteiger partial charge < -0.3 is 9.84 Å². The first-order valence-electron chi connectivity index (χ1n) is 5.72. The molecule has 6 heteroatoms. The van der Waals surface area contributed by atoms with Gasteiger partial charge in [0.05, 0.1) is 4.88 Å². The second kappa shape index (κ2) is 6.19. The average Bonchev–Trinajstić information content (AvgIpc) is 2.85. The Kier molecular flexibility index (Phi) is 4.57. The van der Waals surface area contributed by atoms with Gasteiger partial charge in [-0.1, -0.05) is 15.9 Å². The van der Waals surface area contributed by atoms with Crippen LogP contribution in [0.5, 0.6) is 5.75 Å². The predicted octanol–water partition coefficient (Wildman–Crippen LogP) is 3.56. The Morgan fingerprint density at radius 2 is 2.05 bits per heavy atom. The Bertz CT molecular complexity index is 663. The summed E-state index contributed by atoms with van der Waals surface area (Å²) in [4.78, 5) is 25.2. The zero-order chi connectivity index (χ0) is 14.7. The van der Waals surface area contributed by atoms with Crippen molar-refractivity contribution in [1.82, 2.24) is 0 Å². The third-order valence-corrected chi connectivity index (χ3v) is 4.06. The normalized spacial score (nSPS) is 10.3. The van der Waals surface area contributed by atoms with Gasteiger partial charge >= 0.3 is 5.97 Å². The number of hydrogen-bond acceptors (Lipinski definition) is 5. The zero-order valence-corrected chi connectivity index (χ0v) is 13.0. The van der Waals surface area contributed by atoms with Gasteiger partial charge in [0.2, 0.25) is 5.78 Å². The van der Waals surface area contributed by atoms with E-state index in [4.69, 9.17) is 4.74 Å². The van der Waals surface area contributed by atoms with Crippen LogP contribution in [-0.2, 0) is 4.74 Å². The molecule has 4 nitrogen and oxygen atoms in total. The second-order valence-corrected chi connectivity index (χ2v) is 6.27. The third kappa shape index (κ3) is 3.46. The molecule has 0 amide bonds. The number of esters is 1. The maximum Gasteiger partial charge on any atom is 0.342 e. The number of thiophene rings is 1. The molecule has 0 bridgehead atoms. The Balaban J connectivity index is 2.02. The van der Waals surface area contributed by atoms with Crippen LogP contribution in [0.3, 0.4) is 0 Å². The molecule has 0 radical (unpaired) electrons. The van der Waals surface area contributed by atoms with E-state index in [9.17, 15) is 14.7 Å². The van der Waals surface area contributed by atoms with Crippen molar-refractivity contribution in [3.63, 3.8) is 0 Å². The van der Waals surface area contributed by atoms with Gasteiger partial charge in [-0.2, -0.15) is 0 Å². The van der Waals surface area contributed by atoms with Crippen LogP contribution in [0.25, 0.3) is 0 Å². The topological polar surface area (TPSA) is 63.6 Å². The first-order chi connectivity index (χ1) is 9.47. The lowest BCUT2D eigenvalue weighted by Gasteiger charge is -2.05. The van der Waals surface area contributed by atoms with Crippen molar-refractivity contribution in [2.75, 3.05) is 6.61 Å². The van der Waals surface area contributed by atoms with Crippen molar-refractivity contribution >= 4 is 39.0 Å². The number of ketones is 1. The molecule has 104 valence electrons. The highest BCUT2D eigenvalue weighted by Gasteiger charge is 2.16. The molecule has 0 aliphatic carbocycles. The fourth-order valence-corrected chi connectivity index (χ4v) is 2.69. The summed E-state index contributed by atoms with van der Waals surface area (Å²) in [6.07, 6.45) is 0. The van der Waals surface area contributed by atoms with Gasteiger partial charge in [-0.25, -0.2) is 4.79 Å². The minimum Gasteiger partial charge on any atom is -0.507 e. The number of benzene rings is 1. The van der Waals surface area contributed by atoms with Gasteiger partial charge in [0.25, 0.3) is 0 Å². The highest BCUT2D eigenvalue weighted by Crippen LogP contribution is 2.23. The Morgan fingerprint density at radius 3 is 2.70 bits per heavy atom. The molecule has 2 aromatic rings. The lowest BCUT2D eigenvalue weighted by Crippen LogP contribution is -2.13. The van der Waals surface area contributed by atoms with E-state index in [0.29, 0.717) is 9.35 Å². The van der Waals surface area contributed by atoms with Crippen LogP contribution >= 0.6 is 27.3 Å². The summed E-state index contributed by atoms with van der Waals surface area (Å²) in [5, 5.41) is 9.59. The Labute approximate surface area is 128 Å². The van der Waals surface area contributed by atoms with Crippen LogP contribution in [-0.4, -0.2) is 23.5 Å². The monoisotopic (exact) mass is 354 g/mol. The maximum absolute atomic E-state index is 11.8. The smallest absolute Gasteiger partial charge is 0.342 e. The summed E-state index contributed by atoms with van der Waals surface area (Å²) in [5.41, 5.74) is 0.0227. The number of hydrogen-bond donors (Lipinski definition) is 1. The average molecular weight is 355 g/mol. The van der Waals surface area contributed by atoms with E-state index in [1.54, 1.807) is 12.1 Å². The molecular weight excluding hydrogens is 344 g/mol. The highest BCUT2D eigenvalue weighted by atomic mass is 79.9. The molecule has 1 heterocycles. The van der Waals surface area contributed by atoms with Gasteiger partial charge in [-0.05, 0) is 37.3 Å². The van der Waals surface area contributed by atoms with Gasteiger partial charge in [0.15, 0.2) is 6.61 Å². The number of aromatic hydroxyl groups is 1. The molecule has 0 saturated carbocycles. The van der Waals surface area contributed by atoms with E-state index in [1.807, 2.05) is 13.0 Å². The van der Waals surface area contributed by atoms with Gasteiger partial charge in [-0.15, -0.1) is 11.3 Å². The Morgan fingerprint density at radius 1 is 1.30 bits per heavy atom. The summed E-state index contributed by atoms with van der Waals surface area (Å²) >= 11 is 4.55. The van der Waals surface area contributed by atoms with E-state index in [0.717, 1.165) is 4.88 Å². The van der Waals surface area contributed by atoms with Crippen LogP contribution < -0.4 is 0 Å². The van der Waals surface area contributed by atoms with E-state index >= 15 is 0 Å². The van der Waals surface area contributed by atoms with E-state index in [1.165, 1.54) is 23.5 Å². The molecule has 0 atom stereocenters. The molecule has 0 saturated heterocycles. The van der Waals surface area contributed by atoms with Crippen LogP contribution in [0.15, 0.2) is 34.8 Å². The van der Waals surface area contributed by atoms with Crippen molar-refractivity contribution < 1.29 is 19.4 Å². The standard InChI is InChI=1S/C14H11BrO4S/c1-8-2-5-13(20-8)12(17)7-19-14(18)10-6-9(15)3-4-11(10)16/h2-6,16H,7H2,1H3. The number of rotatable bonds is 4. The number of Topliss-reactive ketones (excluding diaryl/α,β-unsaturated/α-hetero) is 1. The van der Waals surface area contributed by atoms with E-state index in [2.05, 4.69) is 15.9 Å².